The molecule has 11 fully saturated rings. The maximum absolute atomic E-state index is 13.7. The van der Waals surface area contributed by atoms with E-state index in [1.807, 2.05) is 42.5 Å². The summed E-state index contributed by atoms with van der Waals surface area (Å²) in [6, 6.07) is 18.1. The zero-order chi connectivity index (χ0) is 50.8. The number of nitrogens with zero attached hydrogens (tertiary/aromatic N) is 4. The molecule has 392 valence electrons. The molecule has 5 unspecified atom stereocenters. The van der Waals surface area contributed by atoms with Gasteiger partial charge in [0.15, 0.2) is 0 Å². The van der Waals surface area contributed by atoms with E-state index in [0.29, 0.717) is 69.9 Å². The number of carboxylic acids is 2. The van der Waals surface area contributed by atoms with Gasteiger partial charge in [0.1, 0.15) is 21.7 Å². The molecule has 73 heavy (non-hydrogen) atoms. The number of piperidine rings is 2. The maximum atomic E-state index is 13.7. The molecule has 14 rings (SSSR count). The van der Waals surface area contributed by atoms with Crippen molar-refractivity contribution < 1.29 is 39.6 Å². The molecule has 14 nitrogen and oxygen atoms in total. The first-order valence-corrected chi connectivity index (χ1v) is 29.4. The first-order chi connectivity index (χ1) is 35.1. The van der Waals surface area contributed by atoms with Gasteiger partial charge in [-0.25, -0.2) is 9.97 Å². The van der Waals surface area contributed by atoms with E-state index in [1.165, 1.54) is 5.56 Å². The molecule has 9 aliphatic carbocycles. The lowest BCUT2D eigenvalue weighted by molar-refractivity contribution is -0.139. The third-order valence-corrected chi connectivity index (χ3v) is 20.6. The van der Waals surface area contributed by atoms with Gasteiger partial charge in [0.2, 0.25) is 0 Å². The Labute approximate surface area is 438 Å². The molecule has 2 aromatic heterocycles. The highest BCUT2D eigenvalue weighted by Crippen LogP contribution is 2.57. The van der Waals surface area contributed by atoms with E-state index in [-0.39, 0.29) is 54.0 Å². The number of benzene rings is 1. The second-order valence-electron chi connectivity index (χ2n) is 24.4. The summed E-state index contributed by atoms with van der Waals surface area (Å²) >= 11 is 3.23. The van der Waals surface area contributed by atoms with E-state index in [4.69, 9.17) is 9.97 Å². The predicted octanol–water partition coefficient (Wildman–Crippen LogP) is 8.39. The van der Waals surface area contributed by atoms with Crippen molar-refractivity contribution in [3.8, 4) is 0 Å². The smallest absolute Gasteiger partial charge is 0.307 e. The number of carbonyl (C=O) groups excluding carboxylic acids is 2. The topological polar surface area (TPSA) is 206 Å². The van der Waals surface area contributed by atoms with E-state index < -0.39 is 23.1 Å². The highest BCUT2D eigenvalue weighted by molar-refractivity contribution is 7.99. The molecule has 16 heteroatoms. The summed E-state index contributed by atoms with van der Waals surface area (Å²) in [7, 11) is 0. The normalized spacial score (nSPS) is 35.1. The van der Waals surface area contributed by atoms with Gasteiger partial charge in [-0.15, -0.1) is 23.5 Å². The van der Waals surface area contributed by atoms with Crippen LogP contribution in [0.3, 0.4) is 0 Å². The van der Waals surface area contributed by atoms with Gasteiger partial charge in [-0.2, -0.15) is 0 Å². The summed E-state index contributed by atoms with van der Waals surface area (Å²) in [5.41, 5.74) is 1.38. The van der Waals surface area contributed by atoms with Crippen molar-refractivity contribution >= 4 is 58.9 Å². The third-order valence-electron chi connectivity index (χ3n) is 18.5. The number of carbonyl (C=O) groups is 4. The number of aromatic nitrogens is 2. The lowest BCUT2D eigenvalue weighted by Crippen LogP contribution is -2.61. The molecule has 2 amide bonds. The molecule has 3 aromatic rings. The molecule has 6 N–H and O–H groups in total. The van der Waals surface area contributed by atoms with Crippen molar-refractivity contribution in [2.45, 2.75) is 143 Å². The molecule has 2 aliphatic heterocycles. The van der Waals surface area contributed by atoms with E-state index in [0.717, 1.165) is 126 Å². The van der Waals surface area contributed by atoms with Crippen LogP contribution in [-0.4, -0.2) is 109 Å². The Bertz CT molecular complexity index is 2520. The standard InChI is InChI=1S/C30H37N3O4S.C27H37N3O4S/c34-26(35)13-20-7-4-10-33(17-20)25-9-8-24(29(31-25)38-18-19-5-2-1-3-6-19)28(36)32-27-22-11-21-12-23(27)16-30(37,14-21)15-22;1-14(2)5-6-35-25-18(3-4-21(28-25)30-12-19-20(13-30)22(19)26(32)33)24(31)29-23-16-7-15-8-17(23)11-27(34,9-15)10-16/h1-3,5-6,8-9,20-23,27,37H,4,7,10-18H2,(H,32,36)(H,34,35);3-4,14-17,19-20,22-23,34H,5-13H2,1-2H3,(H,29,31)(H,32,33)/t20-,21?,22?,23?,27?,30?;15?,16?,17?,19-,20+,22?,23?,27?/m0./s1. The molecular weight excluding hydrogens is 961 g/mol. The largest absolute Gasteiger partial charge is 0.481 e. The van der Waals surface area contributed by atoms with Crippen molar-refractivity contribution in [3.05, 3.63) is 71.3 Å². The number of amides is 2. The Morgan fingerprint density at radius 1 is 0.685 bits per heavy atom. The summed E-state index contributed by atoms with van der Waals surface area (Å²) in [4.78, 5) is 64.1. The van der Waals surface area contributed by atoms with Crippen LogP contribution >= 0.6 is 23.5 Å². The van der Waals surface area contributed by atoms with E-state index in [9.17, 15) is 39.6 Å². The van der Waals surface area contributed by atoms with E-state index in [2.05, 4.69) is 46.4 Å². The van der Waals surface area contributed by atoms with Gasteiger partial charge in [-0.05, 0) is 178 Å². The summed E-state index contributed by atoms with van der Waals surface area (Å²) in [5.74, 6) is 5.31. The lowest BCUT2D eigenvalue weighted by Gasteiger charge is -2.58. The van der Waals surface area contributed by atoms with Crippen LogP contribution in [0.15, 0.2) is 64.6 Å². The van der Waals surface area contributed by atoms with Crippen LogP contribution in [0.5, 0.6) is 0 Å². The lowest BCUT2D eigenvalue weighted by atomic mass is 9.52. The number of thioether (sulfide) groups is 2. The van der Waals surface area contributed by atoms with E-state index in [1.54, 1.807) is 23.5 Å². The Morgan fingerprint density at radius 2 is 1.21 bits per heavy atom. The number of aliphatic hydroxyl groups is 2. The van der Waals surface area contributed by atoms with Crippen molar-refractivity contribution in [2.75, 3.05) is 41.7 Å². The molecule has 0 spiro atoms. The van der Waals surface area contributed by atoms with Gasteiger partial charge in [0.25, 0.3) is 11.8 Å². The van der Waals surface area contributed by atoms with Gasteiger partial charge in [-0.1, -0.05) is 44.2 Å². The predicted molar refractivity (Wildman–Crippen MR) is 282 cm³/mol. The van der Waals surface area contributed by atoms with Crippen molar-refractivity contribution in [2.24, 2.45) is 65.1 Å². The van der Waals surface area contributed by atoms with Gasteiger partial charge in [0, 0.05) is 50.4 Å². The average Bonchev–Trinajstić information content (AvgIpc) is 3.85. The fourth-order valence-electron chi connectivity index (χ4n) is 15.6. The monoisotopic (exact) mass is 1030 g/mol. The number of carboxylic acid groups (broad SMARTS) is 2. The minimum absolute atomic E-state index is 0.0456. The van der Waals surface area contributed by atoms with Crippen LogP contribution < -0.4 is 20.4 Å². The first kappa shape index (κ1) is 50.8. The Kier molecular flexibility index (Phi) is 14.3. The first-order valence-electron chi connectivity index (χ1n) is 27.4. The average molecular weight is 1040 g/mol. The number of rotatable bonds is 16. The van der Waals surface area contributed by atoms with Crippen LogP contribution in [0.2, 0.25) is 0 Å². The van der Waals surface area contributed by atoms with Crippen LogP contribution in [0.4, 0.5) is 11.6 Å². The number of nitrogens with one attached hydrogen (secondary N) is 2. The fourth-order valence-corrected chi connectivity index (χ4v) is 17.8. The zero-order valence-electron chi connectivity index (χ0n) is 42.4. The molecule has 8 bridgehead atoms. The minimum Gasteiger partial charge on any atom is -0.481 e. The van der Waals surface area contributed by atoms with Gasteiger partial charge in [-0.3, -0.25) is 19.2 Å². The van der Waals surface area contributed by atoms with Crippen molar-refractivity contribution in [3.63, 3.8) is 0 Å². The zero-order valence-corrected chi connectivity index (χ0v) is 44.0. The highest BCUT2D eigenvalue weighted by Gasteiger charge is 2.60. The molecule has 8 atom stereocenters. The van der Waals surface area contributed by atoms with Crippen molar-refractivity contribution in [1.29, 1.82) is 0 Å². The van der Waals surface area contributed by atoms with Crippen LogP contribution in [-0.2, 0) is 15.3 Å². The number of fused-ring (bicyclic) bond motifs is 1. The highest BCUT2D eigenvalue weighted by atomic mass is 32.2. The Hall–Kier alpha value is -4.38. The SMILES string of the molecule is CC(C)CCSc1nc(N2C[C@@H]3C(C(=O)O)[C@@H]3C2)ccc1C(=O)NC1C2CC3CC1CC(O)(C3)C2.O=C(O)C[C@@H]1CCCN(c2ccc(C(=O)NC3C4CC5CC3CC(O)(C5)C4)c(SCc3ccccc3)n2)C1. The second-order valence-corrected chi connectivity index (χ2v) is 26.4. The number of anilines is 2. The molecule has 2 saturated heterocycles. The van der Waals surface area contributed by atoms with Gasteiger partial charge >= 0.3 is 11.9 Å². The van der Waals surface area contributed by atoms with Crippen LogP contribution in [0.25, 0.3) is 0 Å². The quantitative estimate of drug-likeness (QED) is 0.0746. The number of aliphatic carboxylic acids is 2. The van der Waals surface area contributed by atoms with Crippen LogP contribution in [0.1, 0.15) is 130 Å². The van der Waals surface area contributed by atoms with Gasteiger partial charge in [0.05, 0.1) is 28.2 Å². The Balaban J connectivity index is 0.000000158. The molecule has 11 aliphatic rings. The number of hydrogen-bond donors (Lipinski definition) is 6. The third kappa shape index (κ3) is 11.0. The van der Waals surface area contributed by atoms with Gasteiger partial charge < -0.3 is 40.9 Å². The molecule has 4 heterocycles. The fraction of sp³-hybridized carbons (Fsp3) is 0.649. The van der Waals surface area contributed by atoms with Crippen LogP contribution in [0, 0.1) is 65.1 Å². The molecule has 0 radical (unpaired) electrons. The summed E-state index contributed by atoms with van der Waals surface area (Å²) in [6.07, 6.45) is 12.6. The summed E-state index contributed by atoms with van der Waals surface area (Å²) < 4.78 is 0. The summed E-state index contributed by atoms with van der Waals surface area (Å²) in [5, 5.41) is 48.7. The number of hydrogen-bond acceptors (Lipinski definition) is 12. The molecular formula is C57H74N6O8S2. The Morgan fingerprint density at radius 3 is 1.70 bits per heavy atom. The minimum atomic E-state index is -0.757. The maximum Gasteiger partial charge on any atom is 0.307 e. The molecule has 1 aromatic carbocycles. The van der Waals surface area contributed by atoms with E-state index >= 15 is 0 Å². The second kappa shape index (κ2) is 20.6. The molecule has 9 saturated carbocycles. The van der Waals surface area contributed by atoms with Crippen molar-refractivity contribution in [1.82, 2.24) is 20.6 Å². The summed E-state index contributed by atoms with van der Waals surface area (Å²) in [6.45, 7) is 7.37. The number of pyridine rings is 2.